The highest BCUT2D eigenvalue weighted by Crippen LogP contribution is 2.21. The molecule has 0 aliphatic rings. The molecule has 0 fully saturated rings. The molecular formula is C11H22O. The Labute approximate surface area is 76.5 Å². The first-order valence-electron chi connectivity index (χ1n) is 4.76. The van der Waals surface area contributed by atoms with Crippen LogP contribution in [0.3, 0.4) is 0 Å². The Balaban J connectivity index is 4.30. The van der Waals surface area contributed by atoms with Gasteiger partial charge in [0.15, 0.2) is 0 Å². The van der Waals surface area contributed by atoms with Gasteiger partial charge in [-0.1, -0.05) is 46.8 Å². The van der Waals surface area contributed by atoms with Gasteiger partial charge in [-0.15, -0.1) is 0 Å². The van der Waals surface area contributed by atoms with E-state index in [0.29, 0.717) is 0 Å². The number of hydrogen-bond donors (Lipinski definition) is 1. The van der Waals surface area contributed by atoms with Crippen molar-refractivity contribution in [1.29, 1.82) is 0 Å². The Morgan fingerprint density at radius 2 is 1.42 bits per heavy atom. The van der Waals surface area contributed by atoms with Crippen LogP contribution in [-0.2, 0) is 0 Å². The second-order valence-electron chi connectivity index (χ2n) is 4.51. The minimum absolute atomic E-state index is 0.165. The maximum Gasteiger partial charge on any atom is 0.0822 e. The molecule has 0 saturated carbocycles. The number of hydrogen-bond acceptors (Lipinski definition) is 1. The van der Waals surface area contributed by atoms with Crippen LogP contribution >= 0.6 is 0 Å². The van der Waals surface area contributed by atoms with Gasteiger partial charge in [0.25, 0.3) is 0 Å². The topological polar surface area (TPSA) is 20.2 Å². The number of aliphatic hydroxyl groups is 1. The van der Waals surface area contributed by atoms with E-state index >= 15 is 0 Å². The smallest absolute Gasteiger partial charge is 0.0822 e. The fourth-order valence-corrected chi connectivity index (χ4v) is 0.891. The lowest BCUT2D eigenvalue weighted by molar-refractivity contribution is 0.0818. The third kappa shape index (κ3) is 4.55. The fourth-order valence-electron chi connectivity index (χ4n) is 0.891. The zero-order chi connectivity index (χ0) is 9.83. The van der Waals surface area contributed by atoms with E-state index in [2.05, 4.69) is 26.8 Å². The van der Waals surface area contributed by atoms with Crippen LogP contribution < -0.4 is 0 Å². The molecule has 0 aliphatic heterocycles. The van der Waals surface area contributed by atoms with Crippen molar-refractivity contribution in [3.8, 4) is 0 Å². The van der Waals surface area contributed by atoms with E-state index in [4.69, 9.17) is 0 Å². The van der Waals surface area contributed by atoms with Crippen molar-refractivity contribution < 1.29 is 5.11 Å². The molecule has 12 heavy (non-hydrogen) atoms. The number of rotatable bonds is 3. The molecule has 0 aromatic rings. The predicted octanol–water partition coefficient (Wildman–Crippen LogP) is 3.14. The van der Waals surface area contributed by atoms with E-state index in [1.54, 1.807) is 0 Å². The summed E-state index contributed by atoms with van der Waals surface area (Å²) in [5.74, 6) is 0. The predicted molar refractivity (Wildman–Crippen MR) is 54.1 cm³/mol. The van der Waals surface area contributed by atoms with Gasteiger partial charge in [0.05, 0.1) is 5.60 Å². The SMILES string of the molecule is CCC(O)(/C=C/C(C)(C)C)CC. The highest BCUT2D eigenvalue weighted by Gasteiger charge is 2.18. The van der Waals surface area contributed by atoms with Gasteiger partial charge in [-0.05, 0) is 18.3 Å². The van der Waals surface area contributed by atoms with E-state index in [1.165, 1.54) is 0 Å². The fraction of sp³-hybridized carbons (Fsp3) is 0.818. The summed E-state index contributed by atoms with van der Waals surface area (Å²) in [6.45, 7) is 10.4. The Morgan fingerprint density at radius 3 is 1.67 bits per heavy atom. The van der Waals surface area contributed by atoms with Crippen LogP contribution in [-0.4, -0.2) is 10.7 Å². The monoisotopic (exact) mass is 170 g/mol. The van der Waals surface area contributed by atoms with Crippen molar-refractivity contribution in [2.45, 2.75) is 53.1 Å². The van der Waals surface area contributed by atoms with E-state index in [9.17, 15) is 5.11 Å². The van der Waals surface area contributed by atoms with Gasteiger partial charge in [-0.3, -0.25) is 0 Å². The van der Waals surface area contributed by atoms with Crippen LogP contribution in [0.2, 0.25) is 0 Å². The van der Waals surface area contributed by atoms with Crippen LogP contribution in [0.5, 0.6) is 0 Å². The molecule has 0 atom stereocenters. The van der Waals surface area contributed by atoms with Gasteiger partial charge >= 0.3 is 0 Å². The third-order valence-corrected chi connectivity index (χ3v) is 2.12. The lowest BCUT2D eigenvalue weighted by Crippen LogP contribution is -2.23. The first-order valence-corrected chi connectivity index (χ1v) is 4.76. The molecule has 1 heteroatoms. The molecule has 0 unspecified atom stereocenters. The zero-order valence-electron chi connectivity index (χ0n) is 9.02. The summed E-state index contributed by atoms with van der Waals surface area (Å²) in [5.41, 5.74) is -0.425. The van der Waals surface area contributed by atoms with E-state index < -0.39 is 5.60 Å². The molecule has 0 heterocycles. The lowest BCUT2D eigenvalue weighted by Gasteiger charge is -2.22. The van der Waals surface area contributed by atoms with E-state index in [-0.39, 0.29) is 5.41 Å². The van der Waals surface area contributed by atoms with Crippen molar-refractivity contribution in [3.05, 3.63) is 12.2 Å². The summed E-state index contributed by atoms with van der Waals surface area (Å²) in [5, 5.41) is 9.91. The zero-order valence-corrected chi connectivity index (χ0v) is 9.02. The van der Waals surface area contributed by atoms with Crippen molar-refractivity contribution in [3.63, 3.8) is 0 Å². The molecule has 0 bridgehead atoms. The van der Waals surface area contributed by atoms with Gasteiger partial charge in [0.2, 0.25) is 0 Å². The second kappa shape index (κ2) is 4.08. The van der Waals surface area contributed by atoms with Crippen LogP contribution in [0.4, 0.5) is 0 Å². The van der Waals surface area contributed by atoms with Crippen molar-refractivity contribution in [1.82, 2.24) is 0 Å². The standard InChI is InChI=1S/C11H22O/c1-6-11(12,7-2)9-8-10(3,4)5/h8-9,12H,6-7H2,1-5H3/b9-8+. The van der Waals surface area contributed by atoms with Crippen molar-refractivity contribution >= 4 is 0 Å². The average Bonchev–Trinajstić information content (AvgIpc) is 1.99. The molecule has 72 valence electrons. The van der Waals surface area contributed by atoms with Crippen LogP contribution in [0.1, 0.15) is 47.5 Å². The quantitative estimate of drug-likeness (QED) is 0.645. The lowest BCUT2D eigenvalue weighted by atomic mass is 9.90. The van der Waals surface area contributed by atoms with E-state index in [0.717, 1.165) is 12.8 Å². The summed E-state index contributed by atoms with van der Waals surface area (Å²) >= 11 is 0. The van der Waals surface area contributed by atoms with Gasteiger partial charge in [-0.25, -0.2) is 0 Å². The highest BCUT2D eigenvalue weighted by atomic mass is 16.3. The van der Waals surface area contributed by atoms with Crippen LogP contribution in [0.15, 0.2) is 12.2 Å². The molecule has 0 amide bonds. The largest absolute Gasteiger partial charge is 0.386 e. The summed E-state index contributed by atoms with van der Waals surface area (Å²) in [6, 6.07) is 0. The van der Waals surface area contributed by atoms with Gasteiger partial charge < -0.3 is 5.11 Å². The van der Waals surface area contributed by atoms with Crippen molar-refractivity contribution in [2.24, 2.45) is 5.41 Å². The molecule has 0 rings (SSSR count). The Morgan fingerprint density at radius 1 is 1.00 bits per heavy atom. The highest BCUT2D eigenvalue weighted by molar-refractivity contribution is 5.03. The molecule has 0 aromatic heterocycles. The Hall–Kier alpha value is -0.300. The van der Waals surface area contributed by atoms with Gasteiger partial charge in [0, 0.05) is 0 Å². The van der Waals surface area contributed by atoms with E-state index in [1.807, 2.05) is 19.9 Å². The van der Waals surface area contributed by atoms with Crippen molar-refractivity contribution in [2.75, 3.05) is 0 Å². The minimum atomic E-state index is -0.590. The molecule has 0 spiro atoms. The normalized spacial score (nSPS) is 14.2. The minimum Gasteiger partial charge on any atom is -0.386 e. The maximum absolute atomic E-state index is 9.91. The molecule has 1 N–H and O–H groups in total. The Bertz CT molecular complexity index is 147. The molecule has 0 aliphatic carbocycles. The molecule has 1 nitrogen and oxygen atoms in total. The average molecular weight is 170 g/mol. The maximum atomic E-state index is 9.91. The summed E-state index contributed by atoms with van der Waals surface area (Å²) in [7, 11) is 0. The number of allylic oxidation sites excluding steroid dienone is 1. The van der Waals surface area contributed by atoms with Crippen LogP contribution in [0, 0.1) is 5.41 Å². The summed E-state index contributed by atoms with van der Waals surface area (Å²) in [4.78, 5) is 0. The third-order valence-electron chi connectivity index (χ3n) is 2.12. The summed E-state index contributed by atoms with van der Waals surface area (Å²) < 4.78 is 0. The molecular weight excluding hydrogens is 148 g/mol. The van der Waals surface area contributed by atoms with Gasteiger partial charge in [-0.2, -0.15) is 0 Å². The Kier molecular flexibility index (Phi) is 3.98. The molecule has 0 radical (unpaired) electrons. The first-order chi connectivity index (χ1) is 5.33. The second-order valence-corrected chi connectivity index (χ2v) is 4.51. The molecule has 0 aromatic carbocycles. The first kappa shape index (κ1) is 11.7. The van der Waals surface area contributed by atoms with Crippen LogP contribution in [0.25, 0.3) is 0 Å². The molecule has 0 saturated heterocycles. The summed E-state index contributed by atoms with van der Waals surface area (Å²) in [6.07, 6.45) is 5.60. The van der Waals surface area contributed by atoms with Gasteiger partial charge in [0.1, 0.15) is 0 Å².